The predicted molar refractivity (Wildman–Crippen MR) is 79.0 cm³/mol. The van der Waals surface area contributed by atoms with E-state index in [1.165, 1.54) is 36.8 Å². The van der Waals surface area contributed by atoms with Crippen molar-refractivity contribution in [2.45, 2.75) is 58.4 Å². The van der Waals surface area contributed by atoms with E-state index in [9.17, 15) is 0 Å². The molecule has 1 heteroatoms. The molecule has 1 N–H and O–H groups in total. The minimum absolute atomic E-state index is 0.642. The van der Waals surface area contributed by atoms with Gasteiger partial charge in [-0.2, -0.15) is 0 Å². The van der Waals surface area contributed by atoms with Crippen LogP contribution in [-0.4, -0.2) is 12.6 Å². The molecule has 1 saturated carbocycles. The van der Waals surface area contributed by atoms with Gasteiger partial charge in [-0.25, -0.2) is 0 Å². The number of benzene rings is 1. The molecule has 2 atom stereocenters. The molecule has 1 aromatic rings. The zero-order valence-corrected chi connectivity index (χ0v) is 12.1. The van der Waals surface area contributed by atoms with Crippen molar-refractivity contribution < 1.29 is 0 Å². The summed E-state index contributed by atoms with van der Waals surface area (Å²) in [7, 11) is 0. The van der Waals surface area contributed by atoms with Crippen LogP contribution < -0.4 is 5.32 Å². The molecular weight excluding hydrogens is 218 g/mol. The summed E-state index contributed by atoms with van der Waals surface area (Å²) in [6, 6.07) is 10.0. The average molecular weight is 245 g/mol. The van der Waals surface area contributed by atoms with Gasteiger partial charge in [-0.3, -0.25) is 0 Å². The van der Waals surface area contributed by atoms with Crippen molar-refractivity contribution in [2.75, 3.05) is 6.54 Å². The molecule has 1 aliphatic carbocycles. The lowest BCUT2D eigenvalue weighted by Crippen LogP contribution is -2.25. The molecule has 0 radical (unpaired) electrons. The molecule has 2 rings (SSSR count). The number of rotatable bonds is 5. The molecule has 0 amide bonds. The van der Waals surface area contributed by atoms with Gasteiger partial charge in [-0.1, -0.05) is 45.0 Å². The summed E-state index contributed by atoms with van der Waals surface area (Å²) in [4.78, 5) is 0. The monoisotopic (exact) mass is 245 g/mol. The standard InChI is InChI=1S/C17H27N/c1-4-18-17-10-7-15(12-17)11-14-5-8-16(9-6-14)13(2)3/h5-6,8-9,13,15,17-18H,4,7,10-12H2,1-3H3. The maximum atomic E-state index is 3.58. The fraction of sp³-hybridized carbons (Fsp3) is 0.647. The Balaban J connectivity index is 1.86. The third-order valence-electron chi connectivity index (χ3n) is 4.20. The van der Waals surface area contributed by atoms with Crippen LogP contribution in [-0.2, 0) is 6.42 Å². The van der Waals surface area contributed by atoms with Gasteiger partial charge in [-0.15, -0.1) is 0 Å². The molecule has 1 fully saturated rings. The van der Waals surface area contributed by atoms with E-state index in [0.717, 1.165) is 18.5 Å². The van der Waals surface area contributed by atoms with E-state index in [-0.39, 0.29) is 0 Å². The smallest absolute Gasteiger partial charge is 0.00698 e. The Morgan fingerprint density at radius 3 is 2.50 bits per heavy atom. The highest BCUT2D eigenvalue weighted by molar-refractivity contribution is 5.25. The molecule has 0 spiro atoms. The molecule has 1 nitrogen and oxygen atoms in total. The van der Waals surface area contributed by atoms with Gasteiger partial charge >= 0.3 is 0 Å². The number of nitrogens with one attached hydrogen (secondary N) is 1. The fourth-order valence-corrected chi connectivity index (χ4v) is 3.11. The summed E-state index contributed by atoms with van der Waals surface area (Å²) in [6.45, 7) is 7.83. The summed E-state index contributed by atoms with van der Waals surface area (Å²) in [6.07, 6.45) is 5.38. The normalized spacial score (nSPS) is 23.8. The second-order valence-electron chi connectivity index (χ2n) is 6.03. The van der Waals surface area contributed by atoms with Crippen LogP contribution in [0.2, 0.25) is 0 Å². The van der Waals surface area contributed by atoms with Gasteiger partial charge in [0.1, 0.15) is 0 Å². The molecule has 2 unspecified atom stereocenters. The highest BCUT2D eigenvalue weighted by Gasteiger charge is 2.23. The van der Waals surface area contributed by atoms with E-state index >= 15 is 0 Å². The number of hydrogen-bond donors (Lipinski definition) is 1. The molecule has 0 heterocycles. The van der Waals surface area contributed by atoms with Crippen LogP contribution in [0.15, 0.2) is 24.3 Å². The van der Waals surface area contributed by atoms with Crippen LogP contribution in [0.4, 0.5) is 0 Å². The SMILES string of the molecule is CCNC1CCC(Cc2ccc(C(C)C)cc2)C1. The first-order valence-electron chi connectivity index (χ1n) is 7.51. The van der Waals surface area contributed by atoms with Crippen molar-refractivity contribution in [3.8, 4) is 0 Å². The summed E-state index contributed by atoms with van der Waals surface area (Å²) in [5, 5.41) is 3.58. The Morgan fingerprint density at radius 1 is 1.17 bits per heavy atom. The molecule has 100 valence electrons. The molecule has 0 saturated heterocycles. The van der Waals surface area contributed by atoms with Crippen LogP contribution in [0.1, 0.15) is 57.1 Å². The first kappa shape index (κ1) is 13.6. The molecule has 0 bridgehead atoms. The third-order valence-corrected chi connectivity index (χ3v) is 4.20. The molecular formula is C17H27N. The van der Waals surface area contributed by atoms with Crippen molar-refractivity contribution in [1.82, 2.24) is 5.32 Å². The van der Waals surface area contributed by atoms with Crippen LogP contribution >= 0.6 is 0 Å². The maximum absolute atomic E-state index is 3.58. The van der Waals surface area contributed by atoms with Crippen molar-refractivity contribution in [2.24, 2.45) is 5.92 Å². The molecule has 0 aliphatic heterocycles. The highest BCUT2D eigenvalue weighted by atomic mass is 14.9. The van der Waals surface area contributed by atoms with Crippen molar-refractivity contribution in [3.05, 3.63) is 35.4 Å². The summed E-state index contributed by atoms with van der Waals surface area (Å²) < 4.78 is 0. The van der Waals surface area contributed by atoms with Crippen LogP contribution in [0.3, 0.4) is 0 Å². The first-order valence-corrected chi connectivity index (χ1v) is 7.51. The second-order valence-corrected chi connectivity index (χ2v) is 6.03. The van der Waals surface area contributed by atoms with E-state index in [1.807, 2.05) is 0 Å². The maximum Gasteiger partial charge on any atom is 0.00698 e. The first-order chi connectivity index (χ1) is 8.69. The molecule has 1 aromatic carbocycles. The van der Waals surface area contributed by atoms with E-state index in [4.69, 9.17) is 0 Å². The van der Waals surface area contributed by atoms with Gasteiger partial charge in [0, 0.05) is 6.04 Å². The van der Waals surface area contributed by atoms with Gasteiger partial charge in [0.2, 0.25) is 0 Å². The minimum atomic E-state index is 0.642. The van der Waals surface area contributed by atoms with Crippen molar-refractivity contribution >= 4 is 0 Å². The molecule has 0 aromatic heterocycles. The summed E-state index contributed by atoms with van der Waals surface area (Å²) in [5.41, 5.74) is 2.97. The van der Waals surface area contributed by atoms with Crippen molar-refractivity contribution in [3.63, 3.8) is 0 Å². The lowest BCUT2D eigenvalue weighted by molar-refractivity contribution is 0.493. The highest BCUT2D eigenvalue weighted by Crippen LogP contribution is 2.29. The Hall–Kier alpha value is -0.820. The van der Waals surface area contributed by atoms with Crippen LogP contribution in [0, 0.1) is 5.92 Å². The molecule has 1 aliphatic rings. The van der Waals surface area contributed by atoms with Crippen LogP contribution in [0.5, 0.6) is 0 Å². The van der Waals surface area contributed by atoms with E-state index in [0.29, 0.717) is 5.92 Å². The van der Waals surface area contributed by atoms with Gasteiger partial charge in [0.05, 0.1) is 0 Å². The van der Waals surface area contributed by atoms with E-state index < -0.39 is 0 Å². The second kappa shape index (κ2) is 6.38. The lowest BCUT2D eigenvalue weighted by atomic mass is 9.95. The van der Waals surface area contributed by atoms with Gasteiger partial charge in [0.25, 0.3) is 0 Å². The summed E-state index contributed by atoms with van der Waals surface area (Å²) in [5.74, 6) is 1.53. The zero-order chi connectivity index (χ0) is 13.0. The summed E-state index contributed by atoms with van der Waals surface area (Å²) >= 11 is 0. The van der Waals surface area contributed by atoms with Gasteiger partial charge in [0.15, 0.2) is 0 Å². The Labute approximate surface area is 112 Å². The van der Waals surface area contributed by atoms with E-state index in [1.54, 1.807) is 0 Å². The molecule has 18 heavy (non-hydrogen) atoms. The Bertz CT molecular complexity index is 352. The van der Waals surface area contributed by atoms with Crippen molar-refractivity contribution in [1.29, 1.82) is 0 Å². The minimum Gasteiger partial charge on any atom is -0.314 e. The Kier molecular flexibility index (Phi) is 4.82. The third kappa shape index (κ3) is 3.58. The van der Waals surface area contributed by atoms with Gasteiger partial charge < -0.3 is 5.32 Å². The topological polar surface area (TPSA) is 12.0 Å². The predicted octanol–water partition coefficient (Wildman–Crippen LogP) is 4.13. The average Bonchev–Trinajstić information content (AvgIpc) is 2.78. The largest absolute Gasteiger partial charge is 0.314 e. The lowest BCUT2D eigenvalue weighted by Gasteiger charge is -2.13. The van der Waals surface area contributed by atoms with E-state index in [2.05, 4.69) is 50.4 Å². The fourth-order valence-electron chi connectivity index (χ4n) is 3.11. The van der Waals surface area contributed by atoms with Gasteiger partial charge in [-0.05, 0) is 55.2 Å². The quantitative estimate of drug-likeness (QED) is 0.822. The Morgan fingerprint density at radius 2 is 1.89 bits per heavy atom. The van der Waals surface area contributed by atoms with Crippen LogP contribution in [0.25, 0.3) is 0 Å². The zero-order valence-electron chi connectivity index (χ0n) is 12.1. The number of hydrogen-bond acceptors (Lipinski definition) is 1.